The maximum absolute atomic E-state index is 11.5. The van der Waals surface area contributed by atoms with Gasteiger partial charge >= 0.3 is 12.1 Å². The Morgan fingerprint density at radius 1 is 1.21 bits per heavy atom. The van der Waals surface area contributed by atoms with Gasteiger partial charge in [0.15, 0.2) is 0 Å². The maximum Gasteiger partial charge on any atom is 0.407 e. The fraction of sp³-hybridized carbons (Fsp3) is 0.846. The molecule has 3 N–H and O–H groups in total. The van der Waals surface area contributed by atoms with E-state index in [1.165, 1.54) is 12.8 Å². The van der Waals surface area contributed by atoms with Crippen LogP contribution in [0.1, 0.15) is 40.5 Å². The summed E-state index contributed by atoms with van der Waals surface area (Å²) in [7, 11) is 0. The van der Waals surface area contributed by atoms with Crippen molar-refractivity contribution in [3.8, 4) is 0 Å². The molecule has 0 heterocycles. The molecule has 0 aromatic rings. The third-order valence-electron chi connectivity index (χ3n) is 2.77. The zero-order valence-electron chi connectivity index (χ0n) is 12.2. The molecule has 0 aromatic carbocycles. The van der Waals surface area contributed by atoms with Crippen LogP contribution in [0, 0.1) is 5.92 Å². The first kappa shape index (κ1) is 15.6. The van der Waals surface area contributed by atoms with Gasteiger partial charge in [-0.2, -0.15) is 0 Å². The van der Waals surface area contributed by atoms with E-state index >= 15 is 0 Å². The van der Waals surface area contributed by atoms with Gasteiger partial charge in [0, 0.05) is 19.1 Å². The predicted molar refractivity (Wildman–Crippen MR) is 73.0 cm³/mol. The van der Waals surface area contributed by atoms with E-state index in [0.717, 1.165) is 0 Å². The molecule has 110 valence electrons. The molecule has 1 saturated carbocycles. The van der Waals surface area contributed by atoms with E-state index < -0.39 is 11.7 Å². The van der Waals surface area contributed by atoms with Gasteiger partial charge in [0.1, 0.15) is 5.60 Å². The summed E-state index contributed by atoms with van der Waals surface area (Å²) in [5.74, 6) is 0.630. The molecule has 1 unspecified atom stereocenters. The molecule has 0 spiro atoms. The second-order valence-electron chi connectivity index (χ2n) is 5.96. The summed E-state index contributed by atoms with van der Waals surface area (Å²) in [5.41, 5.74) is -0.505. The molecule has 3 amide bonds. The zero-order valence-corrected chi connectivity index (χ0v) is 12.2. The topological polar surface area (TPSA) is 79.5 Å². The summed E-state index contributed by atoms with van der Waals surface area (Å²) in [6, 6.07) is 0.0317. The Morgan fingerprint density at radius 3 is 2.32 bits per heavy atom. The SMILES string of the molecule is CC(NC(=O)NCCNC(=O)OC(C)(C)C)C1CC1. The highest BCUT2D eigenvalue weighted by Gasteiger charge is 2.28. The number of nitrogens with one attached hydrogen (secondary N) is 3. The number of alkyl carbamates (subject to hydrolysis) is 1. The number of ether oxygens (including phenoxy) is 1. The van der Waals surface area contributed by atoms with Crippen LogP contribution in [0.2, 0.25) is 0 Å². The average Bonchev–Trinajstić information content (AvgIpc) is 3.05. The van der Waals surface area contributed by atoms with Crippen molar-refractivity contribution in [2.45, 2.75) is 52.2 Å². The Morgan fingerprint density at radius 2 is 1.79 bits per heavy atom. The molecule has 1 aliphatic carbocycles. The second kappa shape index (κ2) is 6.63. The number of amides is 3. The Kier molecular flexibility index (Phi) is 5.44. The van der Waals surface area contributed by atoms with Crippen molar-refractivity contribution in [1.82, 2.24) is 16.0 Å². The minimum absolute atomic E-state index is 0.189. The molecule has 0 radical (unpaired) electrons. The molecule has 0 bridgehead atoms. The van der Waals surface area contributed by atoms with Crippen molar-refractivity contribution in [2.24, 2.45) is 5.92 Å². The van der Waals surface area contributed by atoms with Gasteiger partial charge in [0.2, 0.25) is 0 Å². The Labute approximate surface area is 114 Å². The normalized spacial score (nSPS) is 16.4. The molecule has 0 aromatic heterocycles. The highest BCUT2D eigenvalue weighted by Crippen LogP contribution is 2.32. The first-order chi connectivity index (χ1) is 8.78. The van der Waals surface area contributed by atoms with Crippen LogP contribution in [0.3, 0.4) is 0 Å². The molecule has 0 saturated heterocycles. The lowest BCUT2D eigenvalue weighted by Gasteiger charge is -2.19. The van der Waals surface area contributed by atoms with Crippen LogP contribution in [0.25, 0.3) is 0 Å². The minimum Gasteiger partial charge on any atom is -0.444 e. The van der Waals surface area contributed by atoms with Crippen LogP contribution in [-0.2, 0) is 4.74 Å². The summed E-state index contributed by atoms with van der Waals surface area (Å²) >= 11 is 0. The Hall–Kier alpha value is -1.46. The summed E-state index contributed by atoms with van der Waals surface area (Å²) in [5, 5.41) is 8.15. The standard InChI is InChI=1S/C13H25N3O3/c1-9(10-5-6-10)16-11(17)14-7-8-15-12(18)19-13(2,3)4/h9-10H,5-8H2,1-4H3,(H,15,18)(H2,14,16,17). The predicted octanol–water partition coefficient (Wildman–Crippen LogP) is 1.61. The van der Waals surface area contributed by atoms with Crippen molar-refractivity contribution >= 4 is 12.1 Å². The number of rotatable bonds is 5. The van der Waals surface area contributed by atoms with Gasteiger partial charge in [-0.05, 0) is 46.5 Å². The zero-order chi connectivity index (χ0) is 14.5. The third-order valence-corrected chi connectivity index (χ3v) is 2.77. The van der Waals surface area contributed by atoms with Gasteiger partial charge in [-0.25, -0.2) is 9.59 Å². The van der Waals surface area contributed by atoms with E-state index in [4.69, 9.17) is 4.74 Å². The molecule has 6 nitrogen and oxygen atoms in total. The summed E-state index contributed by atoms with van der Waals surface area (Å²) in [6.07, 6.45) is 1.92. The number of carbonyl (C=O) groups is 2. The molecular weight excluding hydrogens is 246 g/mol. The Balaban J connectivity index is 2.03. The number of hydrogen-bond donors (Lipinski definition) is 3. The van der Waals surface area contributed by atoms with Gasteiger partial charge in [-0.1, -0.05) is 0 Å². The lowest BCUT2D eigenvalue weighted by molar-refractivity contribution is 0.0528. The molecule has 0 aliphatic heterocycles. The minimum atomic E-state index is -0.505. The van der Waals surface area contributed by atoms with Crippen molar-refractivity contribution in [1.29, 1.82) is 0 Å². The van der Waals surface area contributed by atoms with Crippen molar-refractivity contribution in [3.63, 3.8) is 0 Å². The van der Waals surface area contributed by atoms with E-state index in [0.29, 0.717) is 19.0 Å². The number of hydrogen-bond acceptors (Lipinski definition) is 3. The highest BCUT2D eigenvalue weighted by molar-refractivity contribution is 5.74. The molecule has 19 heavy (non-hydrogen) atoms. The molecular formula is C13H25N3O3. The van der Waals surface area contributed by atoms with E-state index in [9.17, 15) is 9.59 Å². The third kappa shape index (κ3) is 7.54. The van der Waals surface area contributed by atoms with Gasteiger partial charge < -0.3 is 20.7 Å². The summed E-state index contributed by atoms with van der Waals surface area (Å²) < 4.78 is 5.07. The summed E-state index contributed by atoms with van der Waals surface area (Å²) in [4.78, 5) is 22.8. The van der Waals surface area contributed by atoms with E-state index in [1.807, 2.05) is 6.92 Å². The lowest BCUT2D eigenvalue weighted by Crippen LogP contribution is -2.44. The van der Waals surface area contributed by atoms with Crippen molar-refractivity contribution < 1.29 is 14.3 Å². The lowest BCUT2D eigenvalue weighted by atomic mass is 10.2. The van der Waals surface area contributed by atoms with Crippen LogP contribution >= 0.6 is 0 Å². The molecule has 1 rings (SSSR count). The Bertz CT molecular complexity index is 322. The molecule has 1 fully saturated rings. The smallest absolute Gasteiger partial charge is 0.407 e. The number of urea groups is 1. The van der Waals surface area contributed by atoms with Gasteiger partial charge in [0.25, 0.3) is 0 Å². The van der Waals surface area contributed by atoms with Crippen LogP contribution in [-0.4, -0.2) is 36.9 Å². The monoisotopic (exact) mass is 271 g/mol. The quantitative estimate of drug-likeness (QED) is 0.665. The number of carbonyl (C=O) groups excluding carboxylic acids is 2. The molecule has 6 heteroatoms. The van der Waals surface area contributed by atoms with Gasteiger partial charge in [-0.3, -0.25) is 0 Å². The second-order valence-corrected chi connectivity index (χ2v) is 5.96. The van der Waals surface area contributed by atoms with Crippen LogP contribution in [0.4, 0.5) is 9.59 Å². The van der Waals surface area contributed by atoms with Crippen LogP contribution in [0.5, 0.6) is 0 Å². The van der Waals surface area contributed by atoms with Crippen LogP contribution in [0.15, 0.2) is 0 Å². The first-order valence-electron chi connectivity index (χ1n) is 6.79. The van der Waals surface area contributed by atoms with Crippen LogP contribution < -0.4 is 16.0 Å². The molecule has 1 atom stereocenters. The fourth-order valence-electron chi connectivity index (χ4n) is 1.63. The van der Waals surface area contributed by atoms with E-state index in [1.54, 1.807) is 20.8 Å². The van der Waals surface area contributed by atoms with Crippen molar-refractivity contribution in [3.05, 3.63) is 0 Å². The summed E-state index contributed by atoms with van der Waals surface area (Å²) in [6.45, 7) is 8.14. The highest BCUT2D eigenvalue weighted by atomic mass is 16.6. The fourth-order valence-corrected chi connectivity index (χ4v) is 1.63. The van der Waals surface area contributed by atoms with E-state index in [2.05, 4.69) is 16.0 Å². The molecule has 1 aliphatic rings. The van der Waals surface area contributed by atoms with Gasteiger partial charge in [0.05, 0.1) is 0 Å². The van der Waals surface area contributed by atoms with Gasteiger partial charge in [-0.15, -0.1) is 0 Å². The largest absolute Gasteiger partial charge is 0.444 e. The average molecular weight is 271 g/mol. The van der Waals surface area contributed by atoms with E-state index in [-0.39, 0.29) is 12.1 Å². The first-order valence-corrected chi connectivity index (χ1v) is 6.79. The maximum atomic E-state index is 11.5. The van der Waals surface area contributed by atoms with Crippen molar-refractivity contribution in [2.75, 3.05) is 13.1 Å².